The minimum atomic E-state index is -0.997. The molecule has 0 fully saturated rings. The van der Waals surface area contributed by atoms with E-state index >= 15 is 0 Å². The summed E-state index contributed by atoms with van der Waals surface area (Å²) < 4.78 is 44.6. The van der Waals surface area contributed by atoms with Gasteiger partial charge in [0.15, 0.2) is 11.6 Å². The molecule has 0 saturated carbocycles. The van der Waals surface area contributed by atoms with E-state index in [9.17, 15) is 13.2 Å². The largest absolute Gasteiger partial charge is 0.457 e. The lowest BCUT2D eigenvalue weighted by Crippen LogP contribution is -1.93. The van der Waals surface area contributed by atoms with Crippen LogP contribution >= 0.6 is 0 Å². The van der Waals surface area contributed by atoms with E-state index in [0.717, 1.165) is 12.1 Å². The van der Waals surface area contributed by atoms with Gasteiger partial charge in [-0.15, -0.1) is 0 Å². The van der Waals surface area contributed by atoms with Crippen LogP contribution in [-0.4, -0.2) is 0 Å². The monoisotopic (exact) mass is 252 g/mol. The average Bonchev–Trinajstić information content (AvgIpc) is 2.31. The fraction of sp³-hybridized carbons (Fsp3) is 0.143. The Morgan fingerprint density at radius 2 is 1.44 bits per heavy atom. The van der Waals surface area contributed by atoms with Crippen LogP contribution in [-0.2, 0) is 0 Å². The molecule has 0 amide bonds. The first kappa shape index (κ1) is 12.5. The van der Waals surface area contributed by atoms with Crippen LogP contribution in [0.15, 0.2) is 30.3 Å². The maximum absolute atomic E-state index is 13.3. The summed E-state index contributed by atoms with van der Waals surface area (Å²) in [7, 11) is 0. The number of ether oxygens (including phenoxy) is 1. The summed E-state index contributed by atoms with van der Waals surface area (Å²) in [5, 5.41) is 0. The van der Waals surface area contributed by atoms with Crippen LogP contribution in [0.5, 0.6) is 11.5 Å². The summed E-state index contributed by atoms with van der Waals surface area (Å²) in [4.78, 5) is 0. The van der Waals surface area contributed by atoms with E-state index in [1.165, 1.54) is 6.07 Å². The zero-order valence-corrected chi connectivity index (χ0v) is 9.93. The molecule has 0 aromatic heterocycles. The molecular formula is C14H11F3O. The Morgan fingerprint density at radius 1 is 0.778 bits per heavy atom. The highest BCUT2D eigenvalue weighted by molar-refractivity contribution is 5.38. The summed E-state index contributed by atoms with van der Waals surface area (Å²) in [5.74, 6) is -1.93. The molecule has 0 aliphatic heterocycles. The highest BCUT2D eigenvalue weighted by atomic mass is 19.2. The van der Waals surface area contributed by atoms with E-state index in [-0.39, 0.29) is 11.5 Å². The lowest BCUT2D eigenvalue weighted by Gasteiger charge is -2.09. The van der Waals surface area contributed by atoms with Crippen LogP contribution in [0.1, 0.15) is 11.1 Å². The van der Waals surface area contributed by atoms with Crippen LogP contribution in [0.2, 0.25) is 0 Å². The highest BCUT2D eigenvalue weighted by Crippen LogP contribution is 2.28. The summed E-state index contributed by atoms with van der Waals surface area (Å²) in [6.45, 7) is 3.21. The molecule has 1 nitrogen and oxygen atoms in total. The normalized spacial score (nSPS) is 10.5. The molecule has 0 aliphatic carbocycles. The lowest BCUT2D eigenvalue weighted by molar-refractivity contribution is 0.454. The second kappa shape index (κ2) is 4.72. The van der Waals surface area contributed by atoms with Gasteiger partial charge < -0.3 is 4.74 Å². The Morgan fingerprint density at radius 3 is 2.11 bits per heavy atom. The summed E-state index contributed by atoms with van der Waals surface area (Å²) >= 11 is 0. The van der Waals surface area contributed by atoms with Gasteiger partial charge in [-0.3, -0.25) is 0 Å². The van der Waals surface area contributed by atoms with Crippen molar-refractivity contribution in [3.63, 3.8) is 0 Å². The molecule has 0 unspecified atom stereocenters. The number of hydrogen-bond acceptors (Lipinski definition) is 1. The molecule has 0 heterocycles. The Labute approximate surface area is 103 Å². The standard InChI is InChI=1S/C14H11F3O/c1-8-3-4-10(6-11(8)15)18-14-7-13(17)12(16)5-9(14)2/h3-7H,1-2H3. The molecule has 18 heavy (non-hydrogen) atoms. The minimum absolute atomic E-state index is 0.164. The summed E-state index contributed by atoms with van der Waals surface area (Å²) in [6.07, 6.45) is 0. The lowest BCUT2D eigenvalue weighted by atomic mass is 10.2. The Kier molecular flexibility index (Phi) is 3.28. The number of hydrogen-bond donors (Lipinski definition) is 0. The Balaban J connectivity index is 2.34. The predicted octanol–water partition coefficient (Wildman–Crippen LogP) is 4.51. The van der Waals surface area contributed by atoms with Crippen LogP contribution in [0.3, 0.4) is 0 Å². The van der Waals surface area contributed by atoms with Gasteiger partial charge in [-0.1, -0.05) is 6.07 Å². The van der Waals surface area contributed by atoms with Crippen molar-refractivity contribution in [2.24, 2.45) is 0 Å². The van der Waals surface area contributed by atoms with E-state index in [1.54, 1.807) is 26.0 Å². The van der Waals surface area contributed by atoms with Gasteiger partial charge in [-0.25, -0.2) is 13.2 Å². The van der Waals surface area contributed by atoms with Crippen molar-refractivity contribution in [2.45, 2.75) is 13.8 Å². The molecule has 2 aromatic carbocycles. The quantitative estimate of drug-likeness (QED) is 0.763. The molecule has 94 valence electrons. The molecule has 0 aliphatic rings. The van der Waals surface area contributed by atoms with Gasteiger partial charge in [0.1, 0.15) is 17.3 Å². The van der Waals surface area contributed by atoms with E-state index in [1.807, 2.05) is 0 Å². The van der Waals surface area contributed by atoms with Crippen LogP contribution in [0, 0.1) is 31.3 Å². The molecule has 0 N–H and O–H groups in total. The summed E-state index contributed by atoms with van der Waals surface area (Å²) in [5.41, 5.74) is 0.930. The zero-order valence-electron chi connectivity index (χ0n) is 9.93. The first-order chi connectivity index (χ1) is 8.47. The SMILES string of the molecule is Cc1ccc(Oc2cc(F)c(F)cc2C)cc1F. The van der Waals surface area contributed by atoms with Crippen molar-refractivity contribution in [1.82, 2.24) is 0 Å². The van der Waals surface area contributed by atoms with Gasteiger partial charge in [0, 0.05) is 12.1 Å². The maximum atomic E-state index is 13.3. The average molecular weight is 252 g/mol. The van der Waals surface area contributed by atoms with Crippen LogP contribution in [0.4, 0.5) is 13.2 Å². The zero-order chi connectivity index (χ0) is 13.3. The first-order valence-corrected chi connectivity index (χ1v) is 5.37. The number of benzene rings is 2. The van der Waals surface area contributed by atoms with E-state index in [0.29, 0.717) is 11.1 Å². The van der Waals surface area contributed by atoms with Crippen LogP contribution in [0.25, 0.3) is 0 Å². The fourth-order valence-corrected chi connectivity index (χ4v) is 1.50. The third kappa shape index (κ3) is 2.47. The van der Waals surface area contributed by atoms with Crippen molar-refractivity contribution in [1.29, 1.82) is 0 Å². The Hall–Kier alpha value is -1.97. The molecule has 2 aromatic rings. The minimum Gasteiger partial charge on any atom is -0.457 e. The van der Waals surface area contributed by atoms with Gasteiger partial charge in [0.25, 0.3) is 0 Å². The molecule has 0 spiro atoms. The number of rotatable bonds is 2. The smallest absolute Gasteiger partial charge is 0.162 e. The summed E-state index contributed by atoms with van der Waals surface area (Å²) in [6, 6.07) is 6.31. The van der Waals surface area contributed by atoms with Crippen molar-refractivity contribution in [2.75, 3.05) is 0 Å². The fourth-order valence-electron chi connectivity index (χ4n) is 1.50. The molecule has 4 heteroatoms. The number of halogens is 3. The molecular weight excluding hydrogens is 241 g/mol. The van der Waals surface area contributed by atoms with Gasteiger partial charge in [0.05, 0.1) is 0 Å². The maximum Gasteiger partial charge on any atom is 0.162 e. The van der Waals surface area contributed by atoms with E-state index in [2.05, 4.69) is 0 Å². The van der Waals surface area contributed by atoms with Crippen LogP contribution < -0.4 is 4.74 Å². The molecule has 2 rings (SSSR count). The molecule has 0 bridgehead atoms. The third-order valence-electron chi connectivity index (χ3n) is 2.59. The second-order valence-electron chi connectivity index (χ2n) is 4.04. The van der Waals surface area contributed by atoms with E-state index in [4.69, 9.17) is 4.74 Å². The first-order valence-electron chi connectivity index (χ1n) is 5.37. The second-order valence-corrected chi connectivity index (χ2v) is 4.04. The molecule has 0 saturated heterocycles. The van der Waals surface area contributed by atoms with Crippen molar-refractivity contribution in [3.05, 3.63) is 58.9 Å². The highest BCUT2D eigenvalue weighted by Gasteiger charge is 2.09. The van der Waals surface area contributed by atoms with E-state index < -0.39 is 17.5 Å². The predicted molar refractivity (Wildman–Crippen MR) is 62.3 cm³/mol. The van der Waals surface area contributed by atoms with Gasteiger partial charge in [0.2, 0.25) is 0 Å². The van der Waals surface area contributed by atoms with Crippen molar-refractivity contribution < 1.29 is 17.9 Å². The van der Waals surface area contributed by atoms with Crippen molar-refractivity contribution >= 4 is 0 Å². The number of aryl methyl sites for hydroxylation is 2. The van der Waals surface area contributed by atoms with Crippen molar-refractivity contribution in [3.8, 4) is 11.5 Å². The molecule has 0 radical (unpaired) electrons. The topological polar surface area (TPSA) is 9.23 Å². The third-order valence-corrected chi connectivity index (χ3v) is 2.59. The van der Waals surface area contributed by atoms with Gasteiger partial charge in [-0.2, -0.15) is 0 Å². The van der Waals surface area contributed by atoms with Gasteiger partial charge >= 0.3 is 0 Å². The molecule has 0 atom stereocenters. The Bertz CT molecular complexity index is 594. The van der Waals surface area contributed by atoms with Gasteiger partial charge in [-0.05, 0) is 37.1 Å².